The molecule has 1 heterocycles. The molecule has 112 valence electrons. The topological polar surface area (TPSA) is 93.2 Å². The van der Waals surface area contributed by atoms with Crippen molar-refractivity contribution in [1.82, 2.24) is 10.5 Å². The quantitative estimate of drug-likeness (QED) is 0.592. The predicted molar refractivity (Wildman–Crippen MR) is 66.9 cm³/mol. The molecular weight excluding hydrogens is 289 g/mol. The van der Waals surface area contributed by atoms with E-state index in [9.17, 15) is 18.0 Å². The first-order valence-electron chi connectivity index (χ1n) is 5.77. The molecule has 0 unspecified atom stereocenters. The number of carbonyl (C=O) groups excluding carboxylic acids is 1. The molecule has 0 aliphatic heterocycles. The lowest BCUT2D eigenvalue weighted by Gasteiger charge is -2.15. The number of hydrazine groups is 1. The van der Waals surface area contributed by atoms with Gasteiger partial charge in [-0.15, -0.1) is 0 Å². The van der Waals surface area contributed by atoms with Gasteiger partial charge in [0.1, 0.15) is 12.0 Å². The molecule has 6 nitrogen and oxygen atoms in total. The SMILES string of the molecule is NNc1c(C(=O)NCc2ccon2)cccc1C(F)(F)F. The van der Waals surface area contributed by atoms with Gasteiger partial charge < -0.3 is 15.3 Å². The molecular formula is C12H11F3N4O2. The highest BCUT2D eigenvalue weighted by molar-refractivity contribution is 6.00. The van der Waals surface area contributed by atoms with Crippen LogP contribution in [0.15, 0.2) is 35.1 Å². The monoisotopic (exact) mass is 300 g/mol. The molecule has 0 saturated carbocycles. The summed E-state index contributed by atoms with van der Waals surface area (Å²) < 4.78 is 43.1. The lowest BCUT2D eigenvalue weighted by molar-refractivity contribution is -0.137. The van der Waals surface area contributed by atoms with Crippen molar-refractivity contribution in [2.75, 3.05) is 5.43 Å². The number of hydrogen-bond donors (Lipinski definition) is 3. The summed E-state index contributed by atoms with van der Waals surface area (Å²) in [6.07, 6.45) is -3.30. The largest absolute Gasteiger partial charge is 0.418 e. The number of amides is 1. The number of anilines is 1. The van der Waals surface area contributed by atoms with Crippen LogP contribution in [-0.2, 0) is 12.7 Å². The number of carbonyl (C=O) groups is 1. The highest BCUT2D eigenvalue weighted by Crippen LogP contribution is 2.36. The van der Waals surface area contributed by atoms with E-state index in [0.717, 1.165) is 12.1 Å². The van der Waals surface area contributed by atoms with Crippen molar-refractivity contribution in [3.05, 3.63) is 47.3 Å². The van der Waals surface area contributed by atoms with Gasteiger partial charge in [0.2, 0.25) is 0 Å². The third kappa shape index (κ3) is 3.31. The van der Waals surface area contributed by atoms with Gasteiger partial charge in [-0.1, -0.05) is 11.2 Å². The van der Waals surface area contributed by atoms with E-state index in [1.807, 2.05) is 5.43 Å². The fourth-order valence-corrected chi connectivity index (χ4v) is 1.73. The molecule has 4 N–H and O–H groups in total. The summed E-state index contributed by atoms with van der Waals surface area (Å²) in [6, 6.07) is 4.73. The van der Waals surface area contributed by atoms with Gasteiger partial charge in [-0.05, 0) is 12.1 Å². The Morgan fingerprint density at radius 2 is 2.10 bits per heavy atom. The summed E-state index contributed by atoms with van der Waals surface area (Å²) in [5.41, 5.74) is 0.661. The number of para-hydroxylation sites is 1. The Kier molecular flexibility index (Phi) is 4.13. The van der Waals surface area contributed by atoms with Gasteiger partial charge >= 0.3 is 6.18 Å². The molecule has 0 saturated heterocycles. The van der Waals surface area contributed by atoms with Crippen molar-refractivity contribution in [3.8, 4) is 0 Å². The van der Waals surface area contributed by atoms with E-state index in [4.69, 9.17) is 5.84 Å². The number of benzene rings is 1. The normalized spacial score (nSPS) is 11.2. The van der Waals surface area contributed by atoms with E-state index in [1.54, 1.807) is 0 Å². The molecule has 1 aromatic carbocycles. The van der Waals surface area contributed by atoms with E-state index >= 15 is 0 Å². The second-order valence-electron chi connectivity index (χ2n) is 4.04. The lowest BCUT2D eigenvalue weighted by Crippen LogP contribution is -2.26. The average Bonchev–Trinajstić information content (AvgIpc) is 2.96. The number of nitrogens with zero attached hydrogens (tertiary/aromatic N) is 1. The van der Waals surface area contributed by atoms with Crippen LogP contribution < -0.4 is 16.6 Å². The van der Waals surface area contributed by atoms with E-state index in [0.29, 0.717) is 5.69 Å². The van der Waals surface area contributed by atoms with Crippen molar-refractivity contribution in [1.29, 1.82) is 0 Å². The van der Waals surface area contributed by atoms with Gasteiger partial charge in [-0.2, -0.15) is 13.2 Å². The average molecular weight is 300 g/mol. The smallest absolute Gasteiger partial charge is 0.364 e. The van der Waals surface area contributed by atoms with Crippen LogP contribution in [0.1, 0.15) is 21.6 Å². The van der Waals surface area contributed by atoms with Crippen LogP contribution >= 0.6 is 0 Å². The summed E-state index contributed by atoms with van der Waals surface area (Å²) in [5, 5.41) is 6.00. The Hall–Kier alpha value is -2.55. The van der Waals surface area contributed by atoms with Gasteiger partial charge in [0, 0.05) is 6.07 Å². The molecule has 0 bridgehead atoms. The van der Waals surface area contributed by atoms with E-state index < -0.39 is 23.3 Å². The fraction of sp³-hybridized carbons (Fsp3) is 0.167. The van der Waals surface area contributed by atoms with Crippen molar-refractivity contribution in [2.45, 2.75) is 12.7 Å². The lowest BCUT2D eigenvalue weighted by atomic mass is 10.1. The maximum absolute atomic E-state index is 12.8. The molecule has 0 radical (unpaired) electrons. The Bertz CT molecular complexity index is 626. The second-order valence-corrected chi connectivity index (χ2v) is 4.04. The summed E-state index contributed by atoms with van der Waals surface area (Å²) in [7, 11) is 0. The highest BCUT2D eigenvalue weighted by atomic mass is 19.4. The van der Waals surface area contributed by atoms with Gasteiger partial charge in [-0.3, -0.25) is 10.6 Å². The molecule has 0 fully saturated rings. The van der Waals surface area contributed by atoms with Crippen molar-refractivity contribution in [2.24, 2.45) is 5.84 Å². The molecule has 0 atom stereocenters. The molecule has 0 spiro atoms. The minimum atomic E-state index is -4.62. The zero-order valence-electron chi connectivity index (χ0n) is 10.6. The van der Waals surface area contributed by atoms with E-state index in [-0.39, 0.29) is 12.1 Å². The number of nitrogens with two attached hydrogens (primary N) is 1. The van der Waals surface area contributed by atoms with Crippen LogP contribution in [0.5, 0.6) is 0 Å². The summed E-state index contributed by atoms with van der Waals surface area (Å²) in [6.45, 7) is 0.0234. The van der Waals surface area contributed by atoms with Crippen LogP contribution in [0.3, 0.4) is 0 Å². The van der Waals surface area contributed by atoms with Crippen molar-refractivity contribution in [3.63, 3.8) is 0 Å². The molecule has 9 heteroatoms. The summed E-state index contributed by atoms with van der Waals surface area (Å²) in [4.78, 5) is 12.0. The maximum atomic E-state index is 12.8. The van der Waals surface area contributed by atoms with Gasteiger partial charge in [0.25, 0.3) is 5.91 Å². The first kappa shape index (κ1) is 14.9. The zero-order chi connectivity index (χ0) is 15.5. The Labute approximate surface area is 117 Å². The van der Waals surface area contributed by atoms with Gasteiger partial charge in [0.05, 0.1) is 23.4 Å². The number of hydrogen-bond acceptors (Lipinski definition) is 5. The summed E-state index contributed by atoms with van der Waals surface area (Å²) in [5.74, 6) is 4.41. The van der Waals surface area contributed by atoms with Crippen molar-refractivity contribution < 1.29 is 22.5 Å². The van der Waals surface area contributed by atoms with Crippen molar-refractivity contribution >= 4 is 11.6 Å². The Morgan fingerprint density at radius 3 is 2.67 bits per heavy atom. The van der Waals surface area contributed by atoms with Gasteiger partial charge in [-0.25, -0.2) is 0 Å². The van der Waals surface area contributed by atoms with Crippen LogP contribution in [-0.4, -0.2) is 11.1 Å². The predicted octanol–water partition coefficient (Wildman–Crippen LogP) is 1.91. The van der Waals surface area contributed by atoms with Crippen LogP contribution in [0, 0.1) is 0 Å². The number of halogens is 3. The molecule has 1 aromatic heterocycles. The molecule has 2 aromatic rings. The number of nitrogens with one attached hydrogen (secondary N) is 2. The van der Waals surface area contributed by atoms with E-state index in [1.165, 1.54) is 18.4 Å². The minimum Gasteiger partial charge on any atom is -0.364 e. The standard InChI is InChI=1S/C12H11F3N4O2/c13-12(14,15)9-3-1-2-8(10(9)18-16)11(20)17-6-7-4-5-21-19-7/h1-5,18H,6,16H2,(H,17,20). The fourth-order valence-electron chi connectivity index (χ4n) is 1.73. The third-order valence-corrected chi connectivity index (χ3v) is 2.68. The van der Waals surface area contributed by atoms with Crippen LogP contribution in [0.4, 0.5) is 18.9 Å². The molecule has 2 rings (SSSR count). The third-order valence-electron chi connectivity index (χ3n) is 2.68. The zero-order valence-corrected chi connectivity index (χ0v) is 10.6. The number of aromatic nitrogens is 1. The van der Waals surface area contributed by atoms with Gasteiger partial charge in [0.15, 0.2) is 0 Å². The highest BCUT2D eigenvalue weighted by Gasteiger charge is 2.35. The molecule has 0 aliphatic carbocycles. The molecule has 21 heavy (non-hydrogen) atoms. The second kappa shape index (κ2) is 5.83. The first-order valence-corrected chi connectivity index (χ1v) is 5.77. The van der Waals surface area contributed by atoms with Crippen LogP contribution in [0.25, 0.3) is 0 Å². The first-order chi connectivity index (χ1) is 9.93. The minimum absolute atomic E-state index is 0.0234. The number of rotatable bonds is 4. The summed E-state index contributed by atoms with van der Waals surface area (Å²) >= 11 is 0. The van der Waals surface area contributed by atoms with Crippen LogP contribution in [0.2, 0.25) is 0 Å². The number of alkyl halides is 3. The Morgan fingerprint density at radius 1 is 1.33 bits per heavy atom. The molecule has 1 amide bonds. The number of nitrogen functional groups attached to an aromatic ring is 1. The molecule has 0 aliphatic rings. The Balaban J connectivity index is 2.24. The maximum Gasteiger partial charge on any atom is 0.418 e. The van der Waals surface area contributed by atoms with E-state index in [2.05, 4.69) is 15.0 Å².